The fraction of sp³-hybridized carbons (Fsp3) is 0.765. The quantitative estimate of drug-likeness (QED) is 0.270. The molecule has 0 saturated heterocycles. The topological polar surface area (TPSA) is 0 Å². The lowest BCUT2D eigenvalue weighted by Gasteiger charge is -2.00. The van der Waals surface area contributed by atoms with E-state index in [4.69, 9.17) is 0 Å². The highest BCUT2D eigenvalue weighted by molar-refractivity contribution is 5.01. The minimum Gasteiger partial charge on any atom is -0.0848 e. The molecule has 0 aromatic heterocycles. The molecule has 17 heavy (non-hydrogen) atoms. The summed E-state index contributed by atoms with van der Waals surface area (Å²) in [6.45, 7) is 4.45. The third kappa shape index (κ3) is 15.5. The van der Waals surface area contributed by atoms with Crippen molar-refractivity contribution in [2.45, 2.75) is 84.5 Å². The van der Waals surface area contributed by atoms with Crippen LogP contribution in [0.3, 0.4) is 0 Å². The normalized spacial score (nSPS) is 11.9. The summed E-state index contributed by atoms with van der Waals surface area (Å²) >= 11 is 0. The number of hydrogen-bond acceptors (Lipinski definition) is 0. The number of unbranched alkanes of at least 4 members (excludes halogenated alkanes) is 9. The Kier molecular flexibility index (Phi) is 15.0. The van der Waals surface area contributed by atoms with Crippen LogP contribution >= 0.6 is 0 Å². The van der Waals surface area contributed by atoms with E-state index in [1.165, 1.54) is 64.2 Å². The third-order valence-corrected chi connectivity index (χ3v) is 3.09. The maximum Gasteiger partial charge on any atom is -0.0348 e. The average molecular weight is 236 g/mol. The van der Waals surface area contributed by atoms with Crippen LogP contribution in [0.15, 0.2) is 24.3 Å². The van der Waals surface area contributed by atoms with Crippen molar-refractivity contribution in [1.82, 2.24) is 0 Å². The van der Waals surface area contributed by atoms with Gasteiger partial charge in [-0.25, -0.2) is 0 Å². The van der Waals surface area contributed by atoms with Crippen molar-refractivity contribution in [1.29, 1.82) is 0 Å². The molecule has 0 aliphatic heterocycles. The third-order valence-electron chi connectivity index (χ3n) is 3.09. The molecule has 0 spiro atoms. The van der Waals surface area contributed by atoms with Gasteiger partial charge in [0.05, 0.1) is 0 Å². The predicted molar refractivity (Wildman–Crippen MR) is 80.4 cm³/mol. The summed E-state index contributed by atoms with van der Waals surface area (Å²) < 4.78 is 0. The molecule has 0 amide bonds. The molecule has 0 aliphatic carbocycles. The Morgan fingerprint density at radius 2 is 1.12 bits per heavy atom. The van der Waals surface area contributed by atoms with Crippen LogP contribution in [0, 0.1) is 0 Å². The molecule has 0 saturated carbocycles. The maximum atomic E-state index is 2.30. The summed E-state index contributed by atoms with van der Waals surface area (Å²) in [7, 11) is 0. The summed E-state index contributed by atoms with van der Waals surface area (Å²) in [6.07, 6.45) is 24.0. The van der Waals surface area contributed by atoms with Crippen LogP contribution in [0.25, 0.3) is 0 Å². The van der Waals surface area contributed by atoms with Gasteiger partial charge in [-0.15, -0.1) is 0 Å². The molecule has 0 nitrogen and oxygen atoms in total. The van der Waals surface area contributed by atoms with Gasteiger partial charge in [0.15, 0.2) is 0 Å². The molecule has 0 N–H and O–H groups in total. The Labute approximate surface area is 109 Å². The van der Waals surface area contributed by atoms with E-state index in [0.717, 1.165) is 6.42 Å². The lowest BCUT2D eigenvalue weighted by Crippen LogP contribution is -1.80. The van der Waals surface area contributed by atoms with Gasteiger partial charge < -0.3 is 0 Å². The fourth-order valence-corrected chi connectivity index (χ4v) is 1.96. The highest BCUT2D eigenvalue weighted by Crippen LogP contribution is 2.10. The molecule has 0 heterocycles. The second-order valence-corrected chi connectivity index (χ2v) is 4.88. The van der Waals surface area contributed by atoms with Gasteiger partial charge in [-0.2, -0.15) is 0 Å². The molecule has 100 valence electrons. The van der Waals surface area contributed by atoms with Crippen molar-refractivity contribution in [2.75, 3.05) is 0 Å². The van der Waals surface area contributed by atoms with Crippen molar-refractivity contribution >= 4 is 0 Å². The summed E-state index contributed by atoms with van der Waals surface area (Å²) in [5.41, 5.74) is 0. The summed E-state index contributed by atoms with van der Waals surface area (Å²) in [6, 6.07) is 0. The molecular weight excluding hydrogens is 204 g/mol. The van der Waals surface area contributed by atoms with E-state index in [2.05, 4.69) is 38.2 Å². The SMILES string of the molecule is CCC=CC=CCCCCCCCCCCC. The van der Waals surface area contributed by atoms with Crippen molar-refractivity contribution in [3.63, 3.8) is 0 Å². The zero-order chi connectivity index (χ0) is 12.6. The van der Waals surface area contributed by atoms with E-state index in [9.17, 15) is 0 Å². The summed E-state index contributed by atoms with van der Waals surface area (Å²) in [5, 5.41) is 0. The zero-order valence-electron chi connectivity index (χ0n) is 12.1. The van der Waals surface area contributed by atoms with E-state index in [-0.39, 0.29) is 0 Å². The molecule has 0 fully saturated rings. The van der Waals surface area contributed by atoms with Crippen molar-refractivity contribution in [3.05, 3.63) is 24.3 Å². The highest BCUT2D eigenvalue weighted by Gasteiger charge is 1.90. The average Bonchev–Trinajstić information content (AvgIpc) is 2.35. The molecular formula is C17H32. The first-order valence-corrected chi connectivity index (χ1v) is 7.73. The monoisotopic (exact) mass is 236 g/mol. The van der Waals surface area contributed by atoms with Gasteiger partial charge >= 0.3 is 0 Å². The maximum absolute atomic E-state index is 2.30. The largest absolute Gasteiger partial charge is 0.0848 e. The van der Waals surface area contributed by atoms with Gasteiger partial charge in [-0.3, -0.25) is 0 Å². The van der Waals surface area contributed by atoms with Crippen LogP contribution < -0.4 is 0 Å². The van der Waals surface area contributed by atoms with E-state index < -0.39 is 0 Å². The summed E-state index contributed by atoms with van der Waals surface area (Å²) in [4.78, 5) is 0. The van der Waals surface area contributed by atoms with Gasteiger partial charge in [-0.1, -0.05) is 89.5 Å². The first-order valence-electron chi connectivity index (χ1n) is 7.73. The van der Waals surface area contributed by atoms with Gasteiger partial charge in [0.1, 0.15) is 0 Å². The first kappa shape index (κ1) is 16.5. The molecule has 0 heteroatoms. The van der Waals surface area contributed by atoms with Gasteiger partial charge in [0, 0.05) is 0 Å². The number of hydrogen-bond donors (Lipinski definition) is 0. The van der Waals surface area contributed by atoms with Gasteiger partial charge in [0.2, 0.25) is 0 Å². The Balaban J connectivity index is 3.03. The van der Waals surface area contributed by atoms with Crippen LogP contribution in [0.1, 0.15) is 84.5 Å². The zero-order valence-corrected chi connectivity index (χ0v) is 12.1. The molecule has 0 unspecified atom stereocenters. The highest BCUT2D eigenvalue weighted by atomic mass is 14.0. The second kappa shape index (κ2) is 15.5. The van der Waals surface area contributed by atoms with E-state index in [1.807, 2.05) is 0 Å². The first-order chi connectivity index (χ1) is 8.41. The van der Waals surface area contributed by atoms with Crippen molar-refractivity contribution in [3.8, 4) is 0 Å². The molecule has 0 aromatic carbocycles. The van der Waals surface area contributed by atoms with E-state index >= 15 is 0 Å². The smallest absolute Gasteiger partial charge is 0.0348 e. The molecule has 0 radical (unpaired) electrons. The molecule has 0 atom stereocenters. The van der Waals surface area contributed by atoms with E-state index in [0.29, 0.717) is 0 Å². The minimum absolute atomic E-state index is 1.14. The van der Waals surface area contributed by atoms with Crippen LogP contribution in [0.4, 0.5) is 0 Å². The number of allylic oxidation sites excluding steroid dienone is 4. The fourth-order valence-electron chi connectivity index (χ4n) is 1.96. The summed E-state index contributed by atoms with van der Waals surface area (Å²) in [5.74, 6) is 0. The van der Waals surface area contributed by atoms with Crippen LogP contribution in [0.2, 0.25) is 0 Å². The molecule has 0 rings (SSSR count). The second-order valence-electron chi connectivity index (χ2n) is 4.88. The Morgan fingerprint density at radius 3 is 1.71 bits per heavy atom. The molecule has 0 aromatic rings. The van der Waals surface area contributed by atoms with Crippen molar-refractivity contribution < 1.29 is 0 Å². The lowest BCUT2D eigenvalue weighted by atomic mass is 10.1. The predicted octanol–water partition coefficient (Wildman–Crippen LogP) is 6.43. The van der Waals surface area contributed by atoms with E-state index in [1.54, 1.807) is 0 Å². The Hall–Kier alpha value is -0.520. The minimum atomic E-state index is 1.14. The van der Waals surface area contributed by atoms with Gasteiger partial charge in [-0.05, 0) is 19.3 Å². The number of rotatable bonds is 12. The standard InChI is InChI=1S/C17H32/c1-3-5-7-9-11-13-15-17-16-14-12-10-8-6-4-2/h5,7,9,11H,3-4,6,8,10,12-17H2,1-2H3. The molecule has 0 aliphatic rings. The Bertz CT molecular complexity index is 176. The molecule has 0 bridgehead atoms. The van der Waals surface area contributed by atoms with Crippen LogP contribution in [-0.2, 0) is 0 Å². The Morgan fingerprint density at radius 1 is 0.588 bits per heavy atom. The van der Waals surface area contributed by atoms with Crippen molar-refractivity contribution in [2.24, 2.45) is 0 Å². The van der Waals surface area contributed by atoms with Gasteiger partial charge in [0.25, 0.3) is 0 Å². The lowest BCUT2D eigenvalue weighted by molar-refractivity contribution is 0.566. The van der Waals surface area contributed by atoms with Crippen LogP contribution in [0.5, 0.6) is 0 Å². The van der Waals surface area contributed by atoms with Crippen LogP contribution in [-0.4, -0.2) is 0 Å².